The van der Waals surface area contributed by atoms with Gasteiger partial charge in [0.2, 0.25) is 0 Å². The van der Waals surface area contributed by atoms with Crippen LogP contribution in [0, 0.1) is 13.8 Å². The van der Waals surface area contributed by atoms with E-state index in [2.05, 4.69) is 41.1 Å². The Kier molecular flexibility index (Phi) is 9.81. The Labute approximate surface area is 265 Å². The molecule has 1 N–H and O–H groups in total. The van der Waals surface area contributed by atoms with E-state index in [0.717, 1.165) is 22.6 Å². The van der Waals surface area contributed by atoms with E-state index in [1.807, 2.05) is 36.4 Å². The number of aromatic nitrogens is 1. The number of aryl methyl sites for hydroxylation is 2. The van der Waals surface area contributed by atoms with Crippen molar-refractivity contribution in [2.75, 3.05) is 7.11 Å². The van der Waals surface area contributed by atoms with E-state index < -0.39 is 11.9 Å². The van der Waals surface area contributed by atoms with E-state index in [1.165, 1.54) is 18.4 Å². The molecule has 0 bridgehead atoms. The lowest BCUT2D eigenvalue weighted by molar-refractivity contribution is -0.128. The first-order chi connectivity index (χ1) is 21.8. The Morgan fingerprint density at radius 2 is 1.62 bits per heavy atom. The second-order valence-electron chi connectivity index (χ2n) is 9.91. The molecule has 5 rings (SSSR count). The minimum absolute atomic E-state index is 0.0565. The number of furan rings is 1. The SMILES string of the molecule is COc1ccc(/C=C/C(=O)Oc2ccc(Cl)cc2/C=N/NC(=O)c2ccc(COc3ccc(-n4c(C)ccc4C)cc3)o2)cc1. The van der Waals surface area contributed by atoms with Gasteiger partial charge in [-0.1, -0.05) is 23.7 Å². The highest BCUT2D eigenvalue weighted by Gasteiger charge is 2.12. The molecule has 0 aliphatic carbocycles. The summed E-state index contributed by atoms with van der Waals surface area (Å²) in [6.07, 6.45) is 4.25. The van der Waals surface area contributed by atoms with Crippen molar-refractivity contribution in [2.45, 2.75) is 20.5 Å². The zero-order valence-electron chi connectivity index (χ0n) is 24.8. The molecule has 0 radical (unpaired) electrons. The predicted molar refractivity (Wildman–Crippen MR) is 172 cm³/mol. The molecule has 45 heavy (non-hydrogen) atoms. The van der Waals surface area contributed by atoms with Crippen LogP contribution in [-0.4, -0.2) is 29.8 Å². The van der Waals surface area contributed by atoms with E-state index >= 15 is 0 Å². The van der Waals surface area contributed by atoms with Crippen molar-refractivity contribution < 1.29 is 28.2 Å². The second kappa shape index (κ2) is 14.3. The van der Waals surface area contributed by atoms with Crippen LogP contribution in [0.4, 0.5) is 0 Å². The highest BCUT2D eigenvalue weighted by Crippen LogP contribution is 2.23. The number of ether oxygens (including phenoxy) is 3. The van der Waals surface area contributed by atoms with Gasteiger partial charge in [0.15, 0.2) is 5.76 Å². The molecule has 0 aliphatic heterocycles. The summed E-state index contributed by atoms with van der Waals surface area (Å²) in [5, 5.41) is 4.38. The number of hydrazone groups is 1. The lowest BCUT2D eigenvalue weighted by Crippen LogP contribution is -2.17. The predicted octanol–water partition coefficient (Wildman–Crippen LogP) is 7.31. The molecule has 0 atom stereocenters. The van der Waals surface area contributed by atoms with Gasteiger partial charge in [-0.2, -0.15) is 5.10 Å². The molecule has 3 aromatic carbocycles. The molecular weight excluding hydrogens is 594 g/mol. The summed E-state index contributed by atoms with van der Waals surface area (Å²) in [5.41, 5.74) is 6.94. The molecular formula is C35H30ClN3O6. The van der Waals surface area contributed by atoms with Crippen molar-refractivity contribution >= 4 is 35.8 Å². The van der Waals surface area contributed by atoms with Crippen LogP contribution >= 0.6 is 11.6 Å². The molecule has 10 heteroatoms. The third-order valence-corrected chi connectivity index (χ3v) is 6.95. The lowest BCUT2D eigenvalue weighted by Gasteiger charge is -2.10. The maximum Gasteiger partial charge on any atom is 0.336 e. The molecule has 0 saturated carbocycles. The van der Waals surface area contributed by atoms with Crippen molar-refractivity contribution in [1.29, 1.82) is 0 Å². The summed E-state index contributed by atoms with van der Waals surface area (Å²) < 4.78 is 24.2. The fourth-order valence-electron chi connectivity index (χ4n) is 4.45. The van der Waals surface area contributed by atoms with E-state index in [0.29, 0.717) is 27.8 Å². The molecule has 0 unspecified atom stereocenters. The number of nitrogens with one attached hydrogen (secondary N) is 1. The van der Waals surface area contributed by atoms with Gasteiger partial charge in [0, 0.05) is 33.7 Å². The number of halogens is 1. The summed E-state index contributed by atoms with van der Waals surface area (Å²) in [7, 11) is 1.58. The fraction of sp³-hybridized carbons (Fsp3) is 0.114. The first-order valence-corrected chi connectivity index (χ1v) is 14.3. The summed E-state index contributed by atoms with van der Waals surface area (Å²) >= 11 is 6.14. The van der Waals surface area contributed by atoms with E-state index in [1.54, 1.807) is 49.6 Å². The Morgan fingerprint density at radius 3 is 2.33 bits per heavy atom. The molecule has 0 fully saturated rings. The van der Waals surface area contributed by atoms with Crippen molar-refractivity contribution in [3.8, 4) is 22.9 Å². The molecule has 0 aliphatic rings. The first-order valence-electron chi connectivity index (χ1n) is 13.9. The molecule has 9 nitrogen and oxygen atoms in total. The van der Waals surface area contributed by atoms with Gasteiger partial charge < -0.3 is 23.2 Å². The van der Waals surface area contributed by atoms with Crippen LogP contribution < -0.4 is 19.6 Å². The Balaban J connectivity index is 1.14. The molecule has 0 saturated heterocycles. The third-order valence-electron chi connectivity index (χ3n) is 6.71. The van der Waals surface area contributed by atoms with Crippen LogP contribution in [0.1, 0.15) is 38.8 Å². The molecule has 1 amide bonds. The summed E-state index contributed by atoms with van der Waals surface area (Å²) in [5.74, 6) is 0.956. The normalized spacial score (nSPS) is 11.2. The molecule has 5 aromatic rings. The van der Waals surface area contributed by atoms with Gasteiger partial charge >= 0.3 is 11.9 Å². The summed E-state index contributed by atoms with van der Waals surface area (Å²) in [6.45, 7) is 4.26. The number of rotatable bonds is 11. The topological polar surface area (TPSA) is 104 Å². The third kappa shape index (κ3) is 8.10. The second-order valence-corrected chi connectivity index (χ2v) is 10.3. The van der Waals surface area contributed by atoms with Gasteiger partial charge in [0.05, 0.1) is 13.3 Å². The van der Waals surface area contributed by atoms with Gasteiger partial charge in [-0.15, -0.1) is 0 Å². The van der Waals surface area contributed by atoms with Gasteiger partial charge in [0.25, 0.3) is 0 Å². The number of amides is 1. The first kappa shape index (κ1) is 30.9. The number of hydrogen-bond acceptors (Lipinski definition) is 7. The Bertz CT molecular complexity index is 1830. The Morgan fingerprint density at radius 1 is 0.911 bits per heavy atom. The van der Waals surface area contributed by atoms with Crippen LogP contribution in [0.25, 0.3) is 11.8 Å². The van der Waals surface area contributed by atoms with Crippen LogP contribution in [-0.2, 0) is 11.4 Å². The number of methoxy groups -OCH3 is 1. The van der Waals surface area contributed by atoms with Crippen LogP contribution in [0.15, 0.2) is 107 Å². The zero-order valence-corrected chi connectivity index (χ0v) is 25.6. The largest absolute Gasteiger partial charge is 0.497 e. The average molecular weight is 624 g/mol. The fourth-order valence-corrected chi connectivity index (χ4v) is 4.63. The van der Waals surface area contributed by atoms with Crippen LogP contribution in [0.5, 0.6) is 17.2 Å². The number of benzene rings is 3. The van der Waals surface area contributed by atoms with Gasteiger partial charge in [0.1, 0.15) is 29.6 Å². The van der Waals surface area contributed by atoms with Crippen molar-refractivity contribution in [3.63, 3.8) is 0 Å². The van der Waals surface area contributed by atoms with E-state index in [-0.39, 0.29) is 18.1 Å². The van der Waals surface area contributed by atoms with Gasteiger partial charge in [-0.3, -0.25) is 4.79 Å². The molecule has 2 heterocycles. The van der Waals surface area contributed by atoms with Crippen molar-refractivity contribution in [1.82, 2.24) is 9.99 Å². The average Bonchev–Trinajstić information content (AvgIpc) is 3.66. The maximum absolute atomic E-state index is 12.6. The monoisotopic (exact) mass is 623 g/mol. The molecule has 0 spiro atoms. The number of carbonyl (C=O) groups is 2. The number of hydrogen-bond donors (Lipinski definition) is 1. The summed E-state index contributed by atoms with van der Waals surface area (Å²) in [6, 6.07) is 27.0. The maximum atomic E-state index is 12.6. The molecule has 228 valence electrons. The van der Waals surface area contributed by atoms with E-state index in [9.17, 15) is 9.59 Å². The van der Waals surface area contributed by atoms with Crippen LogP contribution in [0.2, 0.25) is 5.02 Å². The minimum Gasteiger partial charge on any atom is -0.497 e. The number of carbonyl (C=O) groups excluding carboxylic acids is 2. The summed E-state index contributed by atoms with van der Waals surface area (Å²) in [4.78, 5) is 25.1. The van der Waals surface area contributed by atoms with Crippen molar-refractivity contribution in [3.05, 3.63) is 136 Å². The molecule has 2 aromatic heterocycles. The smallest absolute Gasteiger partial charge is 0.336 e. The van der Waals surface area contributed by atoms with Gasteiger partial charge in [-0.25, -0.2) is 10.2 Å². The highest BCUT2D eigenvalue weighted by molar-refractivity contribution is 6.31. The lowest BCUT2D eigenvalue weighted by atomic mass is 10.2. The minimum atomic E-state index is -0.598. The van der Waals surface area contributed by atoms with Crippen molar-refractivity contribution in [2.24, 2.45) is 5.10 Å². The van der Waals surface area contributed by atoms with Crippen LogP contribution in [0.3, 0.4) is 0 Å². The van der Waals surface area contributed by atoms with Gasteiger partial charge in [-0.05, 0) is 104 Å². The number of esters is 1. The quantitative estimate of drug-likeness (QED) is 0.0544. The highest BCUT2D eigenvalue weighted by atomic mass is 35.5. The standard InChI is InChI=1S/C35H30ClN3O6/c1-23-4-5-24(2)39(23)28-10-14-30(15-11-28)43-22-31-16-18-33(44-31)35(41)38-37-21-26-20-27(36)9-17-32(26)45-34(40)19-8-25-6-12-29(42-3)13-7-25/h4-21H,22H2,1-3H3,(H,38,41)/b19-8+,37-21+. The zero-order chi connectivity index (χ0) is 31.8. The van der Waals surface area contributed by atoms with E-state index in [4.69, 9.17) is 30.2 Å². The number of nitrogens with zero attached hydrogens (tertiary/aromatic N) is 2. The Hall–Kier alpha value is -5.54.